The largest absolute Gasteiger partial charge is 0.454 e. The number of aliphatic hydroxyl groups excluding tert-OH is 1. The third kappa shape index (κ3) is 4.11. The third-order valence-electron chi connectivity index (χ3n) is 3.48. The molecule has 0 radical (unpaired) electrons. The van der Waals surface area contributed by atoms with Crippen LogP contribution in [0.25, 0.3) is 0 Å². The van der Waals surface area contributed by atoms with E-state index >= 15 is 0 Å². The number of hydrogen-bond acceptors (Lipinski definition) is 4. The summed E-state index contributed by atoms with van der Waals surface area (Å²) < 4.78 is 10.7. The first-order valence-electron chi connectivity index (χ1n) is 6.99. The summed E-state index contributed by atoms with van der Waals surface area (Å²) in [6.45, 7) is 5.13. The Hall–Kier alpha value is -1.26. The van der Waals surface area contributed by atoms with Gasteiger partial charge in [-0.1, -0.05) is 13.0 Å². The summed E-state index contributed by atoms with van der Waals surface area (Å²) in [5, 5.41) is 12.9. The number of rotatable bonds is 7. The van der Waals surface area contributed by atoms with Crippen molar-refractivity contribution in [3.8, 4) is 11.5 Å². The first-order chi connectivity index (χ1) is 9.19. The molecule has 1 heterocycles. The van der Waals surface area contributed by atoms with Gasteiger partial charge in [0.1, 0.15) is 0 Å². The maximum absolute atomic E-state index is 9.50. The topological polar surface area (TPSA) is 50.7 Å². The van der Waals surface area contributed by atoms with Gasteiger partial charge < -0.3 is 19.9 Å². The zero-order valence-electron chi connectivity index (χ0n) is 11.7. The molecule has 2 unspecified atom stereocenters. The molecule has 4 heteroatoms. The quantitative estimate of drug-likeness (QED) is 0.792. The Kier molecular flexibility index (Phi) is 5.05. The Bertz CT molecular complexity index is 408. The first-order valence-corrected chi connectivity index (χ1v) is 6.99. The van der Waals surface area contributed by atoms with Crippen molar-refractivity contribution in [3.05, 3.63) is 23.8 Å². The number of fused-ring (bicyclic) bond motifs is 1. The van der Waals surface area contributed by atoms with Crippen LogP contribution < -0.4 is 14.8 Å². The summed E-state index contributed by atoms with van der Waals surface area (Å²) in [6.07, 6.45) is 2.58. The molecule has 0 bridgehead atoms. The Morgan fingerprint density at radius 2 is 2.11 bits per heavy atom. The SMILES string of the molecule is CCC(O)CNC(C)CCc1ccc2c(c1)OCO2. The van der Waals surface area contributed by atoms with Crippen molar-refractivity contribution >= 4 is 0 Å². The van der Waals surface area contributed by atoms with E-state index < -0.39 is 0 Å². The van der Waals surface area contributed by atoms with Crippen molar-refractivity contribution in [1.29, 1.82) is 0 Å². The molecule has 0 saturated carbocycles. The lowest BCUT2D eigenvalue weighted by Gasteiger charge is -2.16. The van der Waals surface area contributed by atoms with Crippen LogP contribution in [-0.2, 0) is 6.42 Å². The van der Waals surface area contributed by atoms with Crippen LogP contribution in [0, 0.1) is 0 Å². The van der Waals surface area contributed by atoms with Gasteiger partial charge in [-0.25, -0.2) is 0 Å². The van der Waals surface area contributed by atoms with Crippen LogP contribution in [0.2, 0.25) is 0 Å². The van der Waals surface area contributed by atoms with Crippen LogP contribution in [0.15, 0.2) is 18.2 Å². The molecule has 2 atom stereocenters. The van der Waals surface area contributed by atoms with E-state index in [-0.39, 0.29) is 6.10 Å². The monoisotopic (exact) mass is 265 g/mol. The lowest BCUT2D eigenvalue weighted by atomic mass is 10.1. The summed E-state index contributed by atoms with van der Waals surface area (Å²) in [4.78, 5) is 0. The molecule has 0 aliphatic carbocycles. The van der Waals surface area contributed by atoms with Gasteiger partial charge in [-0.15, -0.1) is 0 Å². The van der Waals surface area contributed by atoms with Crippen molar-refractivity contribution in [3.63, 3.8) is 0 Å². The zero-order valence-corrected chi connectivity index (χ0v) is 11.7. The second-order valence-corrected chi connectivity index (χ2v) is 5.10. The van der Waals surface area contributed by atoms with Gasteiger partial charge in [0, 0.05) is 12.6 Å². The van der Waals surface area contributed by atoms with Gasteiger partial charge in [0.25, 0.3) is 0 Å². The van der Waals surface area contributed by atoms with Crippen LogP contribution in [0.3, 0.4) is 0 Å². The number of aliphatic hydroxyl groups is 1. The molecule has 106 valence electrons. The lowest BCUT2D eigenvalue weighted by Crippen LogP contribution is -2.33. The van der Waals surface area contributed by atoms with E-state index in [1.165, 1.54) is 5.56 Å². The highest BCUT2D eigenvalue weighted by molar-refractivity contribution is 5.44. The molecular weight excluding hydrogens is 242 g/mol. The van der Waals surface area contributed by atoms with Crippen molar-refractivity contribution in [1.82, 2.24) is 5.32 Å². The van der Waals surface area contributed by atoms with E-state index in [2.05, 4.69) is 24.4 Å². The van der Waals surface area contributed by atoms with Crippen molar-refractivity contribution < 1.29 is 14.6 Å². The highest BCUT2D eigenvalue weighted by Gasteiger charge is 2.13. The Labute approximate surface area is 114 Å². The Morgan fingerprint density at radius 1 is 1.32 bits per heavy atom. The van der Waals surface area contributed by atoms with E-state index in [0.717, 1.165) is 30.8 Å². The average molecular weight is 265 g/mol. The van der Waals surface area contributed by atoms with E-state index in [1.807, 2.05) is 13.0 Å². The average Bonchev–Trinajstić information content (AvgIpc) is 2.89. The van der Waals surface area contributed by atoms with Crippen molar-refractivity contribution in [2.24, 2.45) is 0 Å². The summed E-state index contributed by atoms with van der Waals surface area (Å²) in [5.74, 6) is 1.68. The molecule has 1 aromatic rings. The second-order valence-electron chi connectivity index (χ2n) is 5.10. The fourth-order valence-corrected chi connectivity index (χ4v) is 2.06. The van der Waals surface area contributed by atoms with Crippen LogP contribution in [0.4, 0.5) is 0 Å². The molecule has 1 aromatic carbocycles. The predicted octanol–water partition coefficient (Wildman–Crippen LogP) is 2.10. The molecule has 2 rings (SSSR count). The molecule has 0 aromatic heterocycles. The normalized spacial score (nSPS) is 16.4. The minimum Gasteiger partial charge on any atom is -0.454 e. The summed E-state index contributed by atoms with van der Waals surface area (Å²) >= 11 is 0. The second kappa shape index (κ2) is 6.78. The van der Waals surface area contributed by atoms with Crippen molar-refractivity contribution in [2.75, 3.05) is 13.3 Å². The maximum Gasteiger partial charge on any atom is 0.231 e. The first kappa shape index (κ1) is 14.2. The van der Waals surface area contributed by atoms with E-state index in [0.29, 0.717) is 19.4 Å². The molecule has 0 saturated heterocycles. The smallest absolute Gasteiger partial charge is 0.231 e. The number of nitrogens with one attached hydrogen (secondary N) is 1. The number of aryl methyl sites for hydroxylation is 1. The fourth-order valence-electron chi connectivity index (χ4n) is 2.06. The summed E-state index contributed by atoms with van der Waals surface area (Å²) in [6, 6.07) is 6.50. The van der Waals surface area contributed by atoms with Crippen molar-refractivity contribution in [2.45, 2.75) is 45.3 Å². The Morgan fingerprint density at radius 3 is 2.89 bits per heavy atom. The molecule has 2 N–H and O–H groups in total. The Balaban J connectivity index is 1.75. The lowest BCUT2D eigenvalue weighted by molar-refractivity contribution is 0.163. The van der Waals surface area contributed by atoms with Gasteiger partial charge in [-0.3, -0.25) is 0 Å². The molecule has 0 fully saturated rings. The van der Waals surface area contributed by atoms with E-state index in [1.54, 1.807) is 0 Å². The highest BCUT2D eigenvalue weighted by Crippen LogP contribution is 2.32. The van der Waals surface area contributed by atoms with Crippen LogP contribution >= 0.6 is 0 Å². The van der Waals surface area contributed by atoms with Gasteiger partial charge in [-0.2, -0.15) is 0 Å². The van der Waals surface area contributed by atoms with Gasteiger partial charge in [-0.05, 0) is 43.9 Å². The molecule has 1 aliphatic heterocycles. The number of ether oxygens (including phenoxy) is 2. The summed E-state index contributed by atoms with van der Waals surface area (Å²) in [7, 11) is 0. The van der Waals surface area contributed by atoms with Gasteiger partial charge >= 0.3 is 0 Å². The highest BCUT2D eigenvalue weighted by atomic mass is 16.7. The van der Waals surface area contributed by atoms with Crippen LogP contribution in [0.5, 0.6) is 11.5 Å². The van der Waals surface area contributed by atoms with E-state index in [9.17, 15) is 5.11 Å². The van der Waals surface area contributed by atoms with Crippen LogP contribution in [0.1, 0.15) is 32.3 Å². The predicted molar refractivity (Wildman–Crippen MR) is 74.6 cm³/mol. The molecule has 0 spiro atoms. The minimum absolute atomic E-state index is 0.243. The van der Waals surface area contributed by atoms with Crippen LogP contribution in [-0.4, -0.2) is 30.6 Å². The molecular formula is C15H23NO3. The van der Waals surface area contributed by atoms with Gasteiger partial charge in [0.05, 0.1) is 6.10 Å². The molecule has 1 aliphatic rings. The number of hydrogen-bond donors (Lipinski definition) is 2. The number of benzene rings is 1. The van der Waals surface area contributed by atoms with E-state index in [4.69, 9.17) is 9.47 Å². The summed E-state index contributed by atoms with van der Waals surface area (Å²) in [5.41, 5.74) is 1.26. The maximum atomic E-state index is 9.50. The third-order valence-corrected chi connectivity index (χ3v) is 3.48. The zero-order chi connectivity index (χ0) is 13.7. The molecule has 0 amide bonds. The molecule has 4 nitrogen and oxygen atoms in total. The van der Waals surface area contributed by atoms with Gasteiger partial charge in [0.2, 0.25) is 6.79 Å². The molecule has 19 heavy (non-hydrogen) atoms. The standard InChI is InChI=1S/C15H23NO3/c1-3-13(17)9-16-11(2)4-5-12-6-7-14-15(8-12)19-10-18-14/h6-8,11,13,16-17H,3-5,9-10H2,1-2H3. The minimum atomic E-state index is -0.243. The fraction of sp³-hybridized carbons (Fsp3) is 0.600. The van der Waals surface area contributed by atoms with Gasteiger partial charge in [0.15, 0.2) is 11.5 Å².